The number of halogens is 28. The van der Waals surface area contributed by atoms with Crippen molar-refractivity contribution in [2.75, 3.05) is 65.1 Å². The van der Waals surface area contributed by atoms with Gasteiger partial charge < -0.3 is 9.85 Å². The summed E-state index contributed by atoms with van der Waals surface area (Å²) in [5.41, 5.74) is -25.4. The van der Waals surface area contributed by atoms with Gasteiger partial charge in [0.25, 0.3) is 22.7 Å². The highest BCUT2D eigenvalue weighted by molar-refractivity contribution is 7.89. The van der Waals surface area contributed by atoms with E-state index >= 15 is 0 Å². The van der Waals surface area contributed by atoms with Crippen molar-refractivity contribution in [1.29, 1.82) is 0 Å². The minimum absolute atomic E-state index is 0.0892. The first-order valence-electron chi connectivity index (χ1n) is 19.6. The van der Waals surface area contributed by atoms with E-state index in [0.29, 0.717) is 15.2 Å². The molecule has 2 heterocycles. The lowest BCUT2D eigenvalue weighted by molar-refractivity contribution is -0.874. The van der Waals surface area contributed by atoms with Gasteiger partial charge in [0.1, 0.15) is 6.67 Å². The molecular weight excluding hydrogens is 1150 g/mol. The monoisotopic (exact) mass is 1190 g/mol. The first-order chi connectivity index (χ1) is 31.9. The standard InChI is InChI=1S/C16H20F14N2O3S.C16H20F14N2O2S.H2O2/c1-32(33)5-2-4-31(9-32)36(34,35)6-3-10(7-11(17,13(19,20)21)14(22,23)24)8-12(18,15(25,26)27)16(28,29)30;1-31-4-2-5-32(9-31)35(33,34)6-3-10(7-11(17,13(19,20)21)14(22,23)24)8-12(18,15(25,26)27)16(28,29)30;1-2/h10H,2-9H2,1H3;10H,2-9H2,1H3;1-2H. The van der Waals surface area contributed by atoms with Crippen molar-refractivity contribution in [2.24, 2.45) is 11.8 Å². The van der Waals surface area contributed by atoms with Crippen LogP contribution in [0.1, 0.15) is 51.4 Å². The molecule has 0 aromatic rings. The molecule has 1 unspecified atom stereocenters. The number of quaternary nitrogens is 1. The summed E-state index contributed by atoms with van der Waals surface area (Å²) in [5, 5.41) is 24.0. The number of rotatable bonds is 16. The Morgan fingerprint density at radius 1 is 0.452 bits per heavy atom. The largest absolute Gasteiger partial charge is 0.632 e. The SMILES string of the molecule is CN1CCCN(S(=O)(=O)CCC(CC(F)(C(F)(F)F)C(F)(F)F)CC(F)(C(F)(F)F)C(F)(F)F)C1.C[N+]1([O-])CCCN(S(=O)(=O)CCC(CC(F)(C(F)(F)F)C(F)(F)F)CC(F)(C(F)(F)F)C(F)(F)F)C1.OO. The van der Waals surface area contributed by atoms with E-state index in [1.165, 1.54) is 11.9 Å². The molecule has 11 nitrogen and oxygen atoms in total. The molecule has 0 radical (unpaired) electrons. The third-order valence-corrected chi connectivity index (χ3v) is 14.7. The van der Waals surface area contributed by atoms with Crippen molar-refractivity contribution >= 4 is 20.0 Å². The molecule has 0 aromatic carbocycles. The van der Waals surface area contributed by atoms with Gasteiger partial charge in [0.15, 0.2) is 0 Å². The fourth-order valence-corrected chi connectivity index (χ4v) is 10.4. The third kappa shape index (κ3) is 17.3. The predicted molar refractivity (Wildman–Crippen MR) is 191 cm³/mol. The molecule has 0 aromatic heterocycles. The van der Waals surface area contributed by atoms with Crippen LogP contribution in [0.5, 0.6) is 0 Å². The van der Waals surface area contributed by atoms with Crippen LogP contribution in [0.15, 0.2) is 0 Å². The lowest BCUT2D eigenvalue weighted by atomic mass is 9.81. The van der Waals surface area contributed by atoms with Gasteiger partial charge in [-0.1, -0.05) is 0 Å². The Hall–Kier alpha value is -2.34. The fraction of sp³-hybridized carbons (Fsp3) is 1.00. The van der Waals surface area contributed by atoms with Crippen LogP contribution in [0.3, 0.4) is 0 Å². The Labute approximate surface area is 394 Å². The number of sulfonamides is 2. The quantitative estimate of drug-likeness (QED) is 0.0512. The number of hydrogen-bond acceptors (Lipinski definition) is 8. The van der Waals surface area contributed by atoms with Crippen LogP contribution in [-0.2, 0) is 20.0 Å². The van der Waals surface area contributed by atoms with E-state index in [0.717, 1.165) is 7.05 Å². The maximum absolute atomic E-state index is 14.2. The van der Waals surface area contributed by atoms with Gasteiger partial charge in [-0.3, -0.25) is 15.4 Å². The molecule has 2 fully saturated rings. The molecule has 0 bridgehead atoms. The molecule has 73 heavy (non-hydrogen) atoms. The minimum atomic E-state index is -6.91. The van der Waals surface area contributed by atoms with Crippen LogP contribution in [0.25, 0.3) is 0 Å². The van der Waals surface area contributed by atoms with Gasteiger partial charge >= 0.3 is 49.4 Å². The molecule has 0 saturated carbocycles. The van der Waals surface area contributed by atoms with Gasteiger partial charge in [-0.25, -0.2) is 34.4 Å². The third-order valence-electron chi connectivity index (χ3n) is 11.1. The summed E-state index contributed by atoms with van der Waals surface area (Å²) in [7, 11) is -7.10. The van der Waals surface area contributed by atoms with Gasteiger partial charge in [0, 0.05) is 51.7 Å². The first-order valence-corrected chi connectivity index (χ1v) is 22.8. The molecule has 0 amide bonds. The second kappa shape index (κ2) is 23.3. The van der Waals surface area contributed by atoms with Gasteiger partial charge in [-0.05, 0) is 38.1 Å². The van der Waals surface area contributed by atoms with E-state index in [1.54, 1.807) is 0 Å². The maximum atomic E-state index is 14.2. The van der Waals surface area contributed by atoms with Gasteiger partial charge in [-0.15, -0.1) is 0 Å². The molecule has 2 aliphatic heterocycles. The molecule has 0 spiro atoms. The van der Waals surface area contributed by atoms with Crippen molar-refractivity contribution in [3.05, 3.63) is 5.21 Å². The normalized spacial score (nSPS) is 20.2. The Kier molecular flexibility index (Phi) is 22.6. The zero-order chi connectivity index (χ0) is 58.7. The summed E-state index contributed by atoms with van der Waals surface area (Å²) < 4.78 is 416. The van der Waals surface area contributed by atoms with Crippen molar-refractivity contribution < 1.29 is 155 Å². The predicted octanol–water partition coefficient (Wildman–Crippen LogP) is 10.8. The maximum Gasteiger partial charge on any atom is 0.431 e. The zero-order valence-electron chi connectivity index (χ0n) is 36.6. The molecule has 2 N–H and O–H groups in total. The summed E-state index contributed by atoms with van der Waals surface area (Å²) in [6.07, 6.45) is -71.2. The second-order valence-corrected chi connectivity index (χ2v) is 21.1. The summed E-state index contributed by atoms with van der Waals surface area (Å²) in [6.45, 7) is -1.53. The number of hydrogen-bond donors (Lipinski definition) is 2. The zero-order valence-corrected chi connectivity index (χ0v) is 38.2. The average molecular weight is 1190 g/mol. The van der Waals surface area contributed by atoms with Crippen LogP contribution in [0.4, 0.5) is 123 Å². The molecule has 0 aliphatic carbocycles. The van der Waals surface area contributed by atoms with Crippen LogP contribution in [0.2, 0.25) is 0 Å². The van der Waals surface area contributed by atoms with Crippen molar-refractivity contribution in [1.82, 2.24) is 13.5 Å². The number of hydroxylamine groups is 3. The van der Waals surface area contributed by atoms with E-state index in [4.69, 9.17) is 10.5 Å². The lowest BCUT2D eigenvalue weighted by Gasteiger charge is -2.45. The highest BCUT2D eigenvalue weighted by Gasteiger charge is 2.77. The van der Waals surface area contributed by atoms with E-state index in [2.05, 4.69) is 0 Å². The van der Waals surface area contributed by atoms with E-state index in [1.807, 2.05) is 0 Å². The van der Waals surface area contributed by atoms with Crippen LogP contribution in [-0.4, -0.2) is 183 Å². The molecular formula is C32H42F28N4O7S2. The smallest absolute Gasteiger partial charge is 0.431 e. The van der Waals surface area contributed by atoms with Crippen LogP contribution >= 0.6 is 0 Å². The number of alkyl halides is 28. The van der Waals surface area contributed by atoms with E-state index < -0.39 is 172 Å². The van der Waals surface area contributed by atoms with Gasteiger partial charge in [0.2, 0.25) is 20.0 Å². The summed E-state index contributed by atoms with van der Waals surface area (Å²) in [4.78, 5) is 1.40. The second-order valence-electron chi connectivity index (χ2n) is 16.9. The van der Waals surface area contributed by atoms with E-state index in [9.17, 15) is 145 Å². The average Bonchev–Trinajstić information content (AvgIpc) is 3.16. The number of nitrogens with zero attached hydrogens (tertiary/aromatic N) is 4. The Morgan fingerprint density at radius 2 is 0.699 bits per heavy atom. The molecule has 41 heteroatoms. The van der Waals surface area contributed by atoms with E-state index in [-0.39, 0.29) is 32.6 Å². The minimum Gasteiger partial charge on any atom is -0.632 e. The molecule has 2 rings (SSSR count). The Morgan fingerprint density at radius 3 is 0.932 bits per heavy atom. The molecule has 1 atom stereocenters. The van der Waals surface area contributed by atoms with Crippen molar-refractivity contribution in [3.63, 3.8) is 0 Å². The Bertz CT molecular complexity index is 1830. The Balaban J connectivity index is 0.00000137. The highest BCUT2D eigenvalue weighted by atomic mass is 32.2. The summed E-state index contributed by atoms with van der Waals surface area (Å²) in [5.74, 6) is -9.91. The summed E-state index contributed by atoms with van der Waals surface area (Å²) in [6, 6.07) is 0. The fourth-order valence-electron chi connectivity index (χ4n) is 7.04. The van der Waals surface area contributed by atoms with Crippen LogP contribution in [0, 0.1) is 17.0 Å². The highest BCUT2D eigenvalue weighted by Crippen LogP contribution is 2.57. The molecule has 2 aliphatic rings. The molecule has 2 saturated heterocycles. The first kappa shape index (κ1) is 70.7. The van der Waals surface area contributed by atoms with Crippen LogP contribution < -0.4 is 0 Å². The van der Waals surface area contributed by atoms with Gasteiger partial charge in [0.05, 0.1) is 31.8 Å². The van der Waals surface area contributed by atoms with Gasteiger partial charge in [-0.2, -0.15) is 114 Å². The van der Waals surface area contributed by atoms with Crippen molar-refractivity contribution in [2.45, 2.75) is 123 Å². The van der Waals surface area contributed by atoms with Crippen molar-refractivity contribution in [3.8, 4) is 0 Å². The summed E-state index contributed by atoms with van der Waals surface area (Å²) >= 11 is 0. The lowest BCUT2D eigenvalue weighted by Crippen LogP contribution is -2.57. The topological polar surface area (TPSA) is 142 Å². The molecule has 440 valence electrons.